The number of anilines is 1. The number of nitroso groups, excluding NO2 is 1. The van der Waals surface area contributed by atoms with E-state index < -0.39 is 23.8 Å². The fourth-order valence-corrected chi connectivity index (χ4v) is 4.76. The number of fused-ring (bicyclic) bond motifs is 3. The van der Waals surface area contributed by atoms with Crippen LogP contribution in [0.15, 0.2) is 78.0 Å². The van der Waals surface area contributed by atoms with Gasteiger partial charge in [-0.25, -0.2) is 4.79 Å². The van der Waals surface area contributed by atoms with Crippen LogP contribution in [-0.2, 0) is 20.7 Å². The van der Waals surface area contributed by atoms with Crippen LogP contribution in [0.1, 0.15) is 36.0 Å². The molecule has 0 bridgehead atoms. The summed E-state index contributed by atoms with van der Waals surface area (Å²) in [5.41, 5.74) is 12.1. The third-order valence-electron chi connectivity index (χ3n) is 6.64. The molecule has 0 saturated carbocycles. The largest absolute Gasteiger partial charge is 0.449 e. The van der Waals surface area contributed by atoms with Crippen molar-refractivity contribution in [2.45, 2.75) is 31.7 Å². The summed E-state index contributed by atoms with van der Waals surface area (Å²) in [6, 6.07) is 22.9. The van der Waals surface area contributed by atoms with Crippen molar-refractivity contribution in [2.75, 3.05) is 18.5 Å². The molecule has 0 heterocycles. The summed E-state index contributed by atoms with van der Waals surface area (Å²) in [5, 5.41) is 7.66. The third-order valence-corrected chi connectivity index (χ3v) is 6.64. The van der Waals surface area contributed by atoms with E-state index in [9.17, 15) is 19.3 Å². The first-order valence-corrected chi connectivity index (χ1v) is 12.5. The van der Waals surface area contributed by atoms with Crippen molar-refractivity contribution in [2.24, 2.45) is 16.8 Å². The molecule has 0 aromatic heterocycles. The minimum atomic E-state index is -0.704. The summed E-state index contributed by atoms with van der Waals surface area (Å²) in [4.78, 5) is 46.3. The molecule has 9 nitrogen and oxygen atoms in total. The molecule has 0 radical (unpaired) electrons. The zero-order valence-corrected chi connectivity index (χ0v) is 21.1. The lowest BCUT2D eigenvalue weighted by Gasteiger charge is -2.15. The van der Waals surface area contributed by atoms with Crippen LogP contribution in [-0.4, -0.2) is 37.1 Å². The Labute approximate surface area is 220 Å². The molecule has 1 aliphatic rings. The summed E-state index contributed by atoms with van der Waals surface area (Å²) in [5.74, 6) is -1.68. The first-order valence-electron chi connectivity index (χ1n) is 12.5. The maximum absolute atomic E-state index is 12.3. The van der Waals surface area contributed by atoms with Crippen LogP contribution < -0.4 is 16.4 Å². The van der Waals surface area contributed by atoms with Crippen molar-refractivity contribution in [1.29, 1.82) is 0 Å². The number of benzene rings is 3. The molecule has 4 rings (SSSR count). The quantitative estimate of drug-likeness (QED) is 0.344. The van der Waals surface area contributed by atoms with Gasteiger partial charge in [-0.3, -0.25) is 9.59 Å². The first kappa shape index (κ1) is 26.7. The lowest BCUT2D eigenvalue weighted by molar-refractivity contribution is -0.121. The topological polar surface area (TPSA) is 140 Å². The number of carbonyl (C=O) groups excluding carboxylic acids is 3. The minimum Gasteiger partial charge on any atom is -0.449 e. The maximum Gasteiger partial charge on any atom is 0.407 e. The molecule has 4 N–H and O–H groups in total. The zero-order valence-electron chi connectivity index (χ0n) is 21.1. The van der Waals surface area contributed by atoms with E-state index in [1.165, 1.54) is 0 Å². The molecule has 3 aromatic rings. The van der Waals surface area contributed by atoms with Crippen molar-refractivity contribution < 1.29 is 19.1 Å². The fraction of sp³-hybridized carbons (Fsp3) is 0.276. The minimum absolute atomic E-state index is 0.0565. The second kappa shape index (κ2) is 12.2. The molecule has 196 valence electrons. The SMILES string of the molecule is C[C@@H](C[C@@H](N)Cc1ccc(NC(=O)CNC(=O)OCC2c3ccccc3-c3ccccc32)cc1)C(=O)N=O. The summed E-state index contributed by atoms with van der Waals surface area (Å²) in [6.07, 6.45) is 0.197. The van der Waals surface area contributed by atoms with E-state index in [0.29, 0.717) is 18.5 Å². The number of ether oxygens (including phenoxy) is 1. The Morgan fingerprint density at radius 1 is 0.947 bits per heavy atom. The van der Waals surface area contributed by atoms with Crippen LogP contribution in [0, 0.1) is 10.8 Å². The number of nitrogens with one attached hydrogen (secondary N) is 2. The second-order valence-electron chi connectivity index (χ2n) is 9.45. The molecule has 9 heteroatoms. The predicted molar refractivity (Wildman–Crippen MR) is 144 cm³/mol. The van der Waals surface area contributed by atoms with E-state index >= 15 is 0 Å². The molecule has 0 unspecified atom stereocenters. The smallest absolute Gasteiger partial charge is 0.407 e. The van der Waals surface area contributed by atoms with E-state index in [1.807, 2.05) is 48.5 Å². The monoisotopic (exact) mass is 514 g/mol. The van der Waals surface area contributed by atoms with Gasteiger partial charge in [0.05, 0.1) is 0 Å². The van der Waals surface area contributed by atoms with Crippen LogP contribution in [0.5, 0.6) is 0 Å². The van der Waals surface area contributed by atoms with E-state index in [-0.39, 0.29) is 25.1 Å². The van der Waals surface area contributed by atoms with Crippen molar-refractivity contribution >= 4 is 23.6 Å². The maximum atomic E-state index is 12.3. The average molecular weight is 515 g/mol. The normalized spacial score (nSPS) is 13.5. The lowest BCUT2D eigenvalue weighted by atomic mass is 9.96. The van der Waals surface area contributed by atoms with Crippen LogP contribution in [0.4, 0.5) is 10.5 Å². The van der Waals surface area contributed by atoms with Gasteiger partial charge in [0.15, 0.2) is 0 Å². The average Bonchev–Trinajstić information content (AvgIpc) is 3.25. The number of hydrogen-bond acceptors (Lipinski definition) is 6. The Morgan fingerprint density at radius 2 is 1.55 bits per heavy atom. The van der Waals surface area contributed by atoms with Crippen LogP contribution >= 0.6 is 0 Å². The van der Waals surface area contributed by atoms with Crippen LogP contribution in [0.25, 0.3) is 11.1 Å². The summed E-state index contributed by atoms with van der Waals surface area (Å²) >= 11 is 0. The van der Waals surface area contributed by atoms with Gasteiger partial charge in [-0.05, 0) is 52.8 Å². The summed E-state index contributed by atoms with van der Waals surface area (Å²) < 4.78 is 5.46. The highest BCUT2D eigenvalue weighted by molar-refractivity contribution is 5.93. The van der Waals surface area contributed by atoms with E-state index in [4.69, 9.17) is 10.5 Å². The van der Waals surface area contributed by atoms with Crippen LogP contribution in [0.3, 0.4) is 0 Å². The molecule has 0 saturated heterocycles. The van der Waals surface area contributed by atoms with Gasteiger partial charge in [-0.2, -0.15) is 0 Å². The van der Waals surface area contributed by atoms with E-state index in [0.717, 1.165) is 27.8 Å². The highest BCUT2D eigenvalue weighted by Crippen LogP contribution is 2.44. The van der Waals surface area contributed by atoms with E-state index in [2.05, 4.69) is 27.9 Å². The lowest BCUT2D eigenvalue weighted by Crippen LogP contribution is -2.34. The van der Waals surface area contributed by atoms with E-state index in [1.54, 1.807) is 19.1 Å². The van der Waals surface area contributed by atoms with Gasteiger partial charge in [0.2, 0.25) is 5.91 Å². The van der Waals surface area contributed by atoms with Crippen molar-refractivity contribution in [3.8, 4) is 11.1 Å². The molecule has 0 aliphatic heterocycles. The number of amides is 3. The van der Waals surface area contributed by atoms with Crippen LogP contribution in [0.2, 0.25) is 0 Å². The Hall–Kier alpha value is -4.37. The number of alkyl carbamates (subject to hydrolysis) is 1. The molecule has 3 aromatic carbocycles. The molecule has 38 heavy (non-hydrogen) atoms. The number of carbonyl (C=O) groups is 3. The number of hydrogen-bond donors (Lipinski definition) is 3. The zero-order chi connectivity index (χ0) is 27.1. The van der Waals surface area contributed by atoms with Gasteiger partial charge in [-0.1, -0.05) is 67.6 Å². The van der Waals surface area contributed by atoms with Crippen molar-refractivity contribution in [1.82, 2.24) is 5.32 Å². The fourth-order valence-electron chi connectivity index (χ4n) is 4.76. The van der Waals surface area contributed by atoms with Crippen molar-refractivity contribution in [3.63, 3.8) is 0 Å². The Kier molecular flexibility index (Phi) is 8.60. The summed E-state index contributed by atoms with van der Waals surface area (Å²) in [6.45, 7) is 1.56. The third kappa shape index (κ3) is 6.49. The molecule has 0 spiro atoms. The van der Waals surface area contributed by atoms with Gasteiger partial charge >= 0.3 is 6.09 Å². The molecule has 2 atom stereocenters. The van der Waals surface area contributed by atoms with Gasteiger partial charge in [0, 0.05) is 28.7 Å². The highest BCUT2D eigenvalue weighted by atomic mass is 16.5. The Bertz CT molecular complexity index is 1280. The standard InChI is InChI=1S/C29H30N4O5/c1-18(28(35)33-37)14-20(30)15-19-10-12-21(13-11-19)32-27(34)16-31-29(36)38-17-26-24-8-4-2-6-22(24)23-7-3-5-9-25(23)26/h2-13,18,20,26H,14-17,30H2,1H3,(H,31,36)(H,32,34)/t18-,20+/m0/s1. The number of nitrogens with zero attached hydrogens (tertiary/aromatic N) is 1. The van der Waals surface area contributed by atoms with Gasteiger partial charge < -0.3 is 21.1 Å². The molecule has 3 amide bonds. The molecule has 1 aliphatic carbocycles. The molecular weight excluding hydrogens is 484 g/mol. The predicted octanol–water partition coefficient (Wildman–Crippen LogP) is 4.35. The summed E-state index contributed by atoms with van der Waals surface area (Å²) in [7, 11) is 0. The second-order valence-corrected chi connectivity index (χ2v) is 9.45. The molecular formula is C29H30N4O5. The Morgan fingerprint density at radius 3 is 2.16 bits per heavy atom. The van der Waals surface area contributed by atoms with Gasteiger partial charge in [0.25, 0.3) is 5.91 Å². The van der Waals surface area contributed by atoms with Gasteiger partial charge in [-0.15, -0.1) is 4.91 Å². The Balaban J connectivity index is 1.21. The highest BCUT2D eigenvalue weighted by Gasteiger charge is 2.29. The molecule has 0 fully saturated rings. The number of nitrogens with two attached hydrogens (primary N) is 1. The first-order chi connectivity index (χ1) is 18.4. The van der Waals surface area contributed by atoms with Crippen molar-refractivity contribution in [3.05, 3.63) is 94.4 Å². The van der Waals surface area contributed by atoms with Gasteiger partial charge in [0.1, 0.15) is 13.2 Å². The number of rotatable bonds is 10.